The molecule has 0 bridgehead atoms. The van der Waals surface area contributed by atoms with E-state index in [0.717, 1.165) is 0 Å². The number of piperidine rings is 1. The van der Waals surface area contributed by atoms with E-state index in [2.05, 4.69) is 9.72 Å². The van der Waals surface area contributed by atoms with Crippen molar-refractivity contribution < 1.29 is 23.5 Å². The summed E-state index contributed by atoms with van der Waals surface area (Å²) in [4.78, 5) is 29.3. The highest BCUT2D eigenvalue weighted by Crippen LogP contribution is 2.28. The van der Waals surface area contributed by atoms with Gasteiger partial charge in [-0.1, -0.05) is 11.6 Å². The molecule has 0 atom stereocenters. The Morgan fingerprint density at radius 2 is 2.04 bits per heavy atom. The van der Waals surface area contributed by atoms with Crippen LogP contribution in [0, 0.1) is 0 Å². The number of esters is 1. The van der Waals surface area contributed by atoms with Crippen molar-refractivity contribution in [2.24, 2.45) is 0 Å². The normalized spacial score (nSPS) is 16.3. The molecular formula is C15H21ClN2O5. The van der Waals surface area contributed by atoms with Crippen LogP contribution in [0.5, 0.6) is 0 Å². The van der Waals surface area contributed by atoms with E-state index < -0.39 is 11.6 Å². The molecule has 0 unspecified atom stereocenters. The van der Waals surface area contributed by atoms with Gasteiger partial charge in [-0.15, -0.1) is 0 Å². The molecule has 1 aromatic heterocycles. The number of halogens is 1. The standard InChI is InChI=1S/C15H21ClN2O5/c1-15(2,3)23-14(20)18-6-4-10(5-7-18)12-17-8-11(22-12)13(19)21-9-16/h8,10H,4-7,9H2,1-3H3. The van der Waals surface area contributed by atoms with Crippen LogP contribution in [-0.2, 0) is 9.47 Å². The Morgan fingerprint density at radius 3 is 2.61 bits per heavy atom. The van der Waals surface area contributed by atoms with Gasteiger partial charge < -0.3 is 18.8 Å². The lowest BCUT2D eigenvalue weighted by molar-refractivity contribution is 0.0199. The summed E-state index contributed by atoms with van der Waals surface area (Å²) in [6.07, 6.45) is 2.42. The van der Waals surface area contributed by atoms with Gasteiger partial charge in [-0.25, -0.2) is 14.6 Å². The van der Waals surface area contributed by atoms with Gasteiger partial charge in [0.05, 0.1) is 6.20 Å². The Hall–Kier alpha value is -1.76. The number of nitrogens with zero attached hydrogens (tertiary/aromatic N) is 2. The molecule has 2 heterocycles. The van der Waals surface area contributed by atoms with E-state index in [1.807, 2.05) is 20.8 Å². The number of amides is 1. The van der Waals surface area contributed by atoms with Gasteiger partial charge in [-0.05, 0) is 33.6 Å². The van der Waals surface area contributed by atoms with Crippen molar-refractivity contribution in [3.05, 3.63) is 17.8 Å². The average molecular weight is 345 g/mol. The van der Waals surface area contributed by atoms with E-state index in [4.69, 9.17) is 20.8 Å². The molecule has 0 aliphatic carbocycles. The summed E-state index contributed by atoms with van der Waals surface area (Å²) < 4.78 is 15.4. The molecule has 0 radical (unpaired) electrons. The number of carbonyl (C=O) groups is 2. The van der Waals surface area contributed by atoms with E-state index in [-0.39, 0.29) is 23.8 Å². The molecule has 128 valence electrons. The van der Waals surface area contributed by atoms with Crippen molar-refractivity contribution in [1.29, 1.82) is 0 Å². The number of aromatic nitrogens is 1. The second kappa shape index (κ2) is 7.21. The molecule has 0 spiro atoms. The molecule has 23 heavy (non-hydrogen) atoms. The third-order valence-electron chi connectivity index (χ3n) is 3.41. The van der Waals surface area contributed by atoms with Crippen molar-refractivity contribution in [3.8, 4) is 0 Å². The maximum Gasteiger partial charge on any atom is 0.410 e. The van der Waals surface area contributed by atoms with Crippen LogP contribution in [0.4, 0.5) is 4.79 Å². The zero-order valence-corrected chi connectivity index (χ0v) is 14.3. The van der Waals surface area contributed by atoms with Gasteiger partial charge in [0.1, 0.15) is 5.60 Å². The summed E-state index contributed by atoms with van der Waals surface area (Å²) in [5.41, 5.74) is -0.506. The summed E-state index contributed by atoms with van der Waals surface area (Å²) in [6.45, 7) is 6.64. The number of rotatable bonds is 3. The maximum atomic E-state index is 12.0. The predicted octanol–water partition coefficient (Wildman–Crippen LogP) is 3.14. The van der Waals surface area contributed by atoms with Gasteiger partial charge in [0.15, 0.2) is 12.0 Å². The van der Waals surface area contributed by atoms with E-state index in [1.165, 1.54) is 6.20 Å². The third kappa shape index (κ3) is 4.86. The lowest BCUT2D eigenvalue weighted by atomic mass is 9.97. The fraction of sp³-hybridized carbons (Fsp3) is 0.667. The van der Waals surface area contributed by atoms with Crippen LogP contribution >= 0.6 is 11.6 Å². The Balaban J connectivity index is 1.89. The van der Waals surface area contributed by atoms with Gasteiger partial charge in [-0.2, -0.15) is 0 Å². The van der Waals surface area contributed by atoms with Crippen LogP contribution in [0.15, 0.2) is 10.6 Å². The second-order valence-electron chi connectivity index (χ2n) is 6.35. The van der Waals surface area contributed by atoms with Crippen molar-refractivity contribution in [2.45, 2.75) is 45.1 Å². The lowest BCUT2D eigenvalue weighted by Gasteiger charge is -2.32. The van der Waals surface area contributed by atoms with Crippen LogP contribution in [0.1, 0.15) is 56.0 Å². The zero-order valence-electron chi connectivity index (χ0n) is 13.5. The topological polar surface area (TPSA) is 81.9 Å². The van der Waals surface area contributed by atoms with Gasteiger partial charge in [0, 0.05) is 19.0 Å². The van der Waals surface area contributed by atoms with Crippen LogP contribution in [0.3, 0.4) is 0 Å². The minimum Gasteiger partial charge on any atom is -0.444 e. The summed E-state index contributed by atoms with van der Waals surface area (Å²) in [5, 5.41) is 0. The first kappa shape index (κ1) is 17.6. The molecular weight excluding hydrogens is 324 g/mol. The van der Waals surface area contributed by atoms with Crippen molar-refractivity contribution >= 4 is 23.7 Å². The summed E-state index contributed by atoms with van der Waals surface area (Å²) in [6, 6.07) is -0.233. The quantitative estimate of drug-likeness (QED) is 0.619. The molecule has 2 rings (SSSR count). The van der Waals surface area contributed by atoms with Crippen LogP contribution in [0.25, 0.3) is 0 Å². The smallest absolute Gasteiger partial charge is 0.410 e. The highest BCUT2D eigenvalue weighted by molar-refractivity contribution is 6.17. The third-order valence-corrected chi connectivity index (χ3v) is 3.52. The molecule has 1 amide bonds. The number of hydrogen-bond donors (Lipinski definition) is 0. The van der Waals surface area contributed by atoms with Crippen molar-refractivity contribution in [3.63, 3.8) is 0 Å². The fourth-order valence-corrected chi connectivity index (χ4v) is 2.43. The summed E-state index contributed by atoms with van der Waals surface area (Å²) in [7, 11) is 0. The second-order valence-corrected chi connectivity index (χ2v) is 6.56. The average Bonchev–Trinajstić information content (AvgIpc) is 2.96. The van der Waals surface area contributed by atoms with Gasteiger partial charge >= 0.3 is 12.1 Å². The minimum absolute atomic E-state index is 0.0372. The first-order valence-corrected chi connectivity index (χ1v) is 8.00. The monoisotopic (exact) mass is 344 g/mol. The highest BCUT2D eigenvalue weighted by atomic mass is 35.5. The van der Waals surface area contributed by atoms with Crippen LogP contribution in [-0.4, -0.2) is 46.7 Å². The largest absolute Gasteiger partial charge is 0.444 e. The van der Waals surface area contributed by atoms with E-state index >= 15 is 0 Å². The molecule has 0 aromatic carbocycles. The highest BCUT2D eigenvalue weighted by Gasteiger charge is 2.30. The molecule has 7 nitrogen and oxygen atoms in total. The van der Waals surface area contributed by atoms with Gasteiger partial charge in [0.2, 0.25) is 5.76 Å². The van der Waals surface area contributed by atoms with Gasteiger partial charge in [0.25, 0.3) is 0 Å². The van der Waals surface area contributed by atoms with E-state index in [9.17, 15) is 9.59 Å². The SMILES string of the molecule is CC(C)(C)OC(=O)N1CCC(c2ncc(C(=O)OCCl)o2)CC1. The molecule has 8 heteroatoms. The van der Waals surface area contributed by atoms with Crippen LogP contribution in [0.2, 0.25) is 0 Å². The Bertz CT molecular complexity index is 558. The molecule has 1 aliphatic heterocycles. The lowest BCUT2D eigenvalue weighted by Crippen LogP contribution is -2.41. The number of carbonyl (C=O) groups excluding carboxylic acids is 2. The molecule has 1 aliphatic rings. The zero-order chi connectivity index (χ0) is 17.0. The fourth-order valence-electron chi connectivity index (χ4n) is 2.33. The molecule has 1 fully saturated rings. The Morgan fingerprint density at radius 1 is 1.39 bits per heavy atom. The minimum atomic E-state index is -0.634. The molecule has 0 N–H and O–H groups in total. The number of hydrogen-bond acceptors (Lipinski definition) is 6. The molecule has 1 aromatic rings. The number of alkyl halides is 1. The first-order valence-electron chi connectivity index (χ1n) is 7.47. The molecule has 1 saturated heterocycles. The van der Waals surface area contributed by atoms with Gasteiger partial charge in [-0.3, -0.25) is 0 Å². The number of likely N-dealkylation sites (tertiary alicyclic amines) is 1. The van der Waals surface area contributed by atoms with Crippen molar-refractivity contribution in [2.75, 3.05) is 19.2 Å². The number of ether oxygens (including phenoxy) is 2. The van der Waals surface area contributed by atoms with E-state index in [1.54, 1.807) is 4.90 Å². The van der Waals surface area contributed by atoms with Crippen molar-refractivity contribution in [1.82, 2.24) is 9.88 Å². The Kier molecular flexibility index (Phi) is 5.51. The van der Waals surface area contributed by atoms with Crippen LogP contribution < -0.4 is 0 Å². The summed E-state index contributed by atoms with van der Waals surface area (Å²) >= 11 is 5.34. The number of oxazole rings is 1. The maximum absolute atomic E-state index is 12.0. The van der Waals surface area contributed by atoms with E-state index in [0.29, 0.717) is 31.8 Å². The summed E-state index contributed by atoms with van der Waals surface area (Å²) in [5.74, 6) is -0.0539. The Labute approximate surface area is 139 Å². The molecule has 0 saturated carbocycles. The predicted molar refractivity (Wildman–Crippen MR) is 82.4 cm³/mol. The first-order chi connectivity index (χ1) is 10.8.